The zero-order chi connectivity index (χ0) is 17.0. The SMILES string of the molecule is CN(CCCO)C1CCN(C(=O)c2cnc(C(C)(C)C)s2)CC1. The molecule has 0 saturated carbocycles. The molecule has 0 unspecified atom stereocenters. The van der Waals surface area contributed by atoms with Crippen molar-refractivity contribution in [1.29, 1.82) is 0 Å². The number of aliphatic hydroxyl groups excluding tert-OH is 1. The second-order valence-electron chi connectivity index (χ2n) is 7.36. The van der Waals surface area contributed by atoms with Gasteiger partial charge < -0.3 is 14.9 Å². The van der Waals surface area contributed by atoms with Gasteiger partial charge in [-0.15, -0.1) is 11.3 Å². The van der Waals surface area contributed by atoms with Gasteiger partial charge in [-0.25, -0.2) is 4.98 Å². The van der Waals surface area contributed by atoms with Gasteiger partial charge in [0, 0.05) is 37.7 Å². The van der Waals surface area contributed by atoms with Gasteiger partial charge in [-0.05, 0) is 26.3 Å². The van der Waals surface area contributed by atoms with Gasteiger partial charge in [0.15, 0.2) is 0 Å². The van der Waals surface area contributed by atoms with Crippen molar-refractivity contribution in [3.63, 3.8) is 0 Å². The van der Waals surface area contributed by atoms with E-state index in [1.54, 1.807) is 6.20 Å². The standard InChI is InChI=1S/C17H29N3O2S/c1-17(2,3)16-18-12-14(23-16)15(22)20-9-6-13(7-10-20)19(4)8-5-11-21/h12-13,21H,5-11H2,1-4H3. The summed E-state index contributed by atoms with van der Waals surface area (Å²) in [5.41, 5.74) is -0.00832. The summed E-state index contributed by atoms with van der Waals surface area (Å²) in [6, 6.07) is 0.511. The average Bonchev–Trinajstić information content (AvgIpc) is 3.02. The van der Waals surface area contributed by atoms with Crippen molar-refractivity contribution in [3.05, 3.63) is 16.1 Å². The highest BCUT2D eigenvalue weighted by atomic mass is 32.1. The van der Waals surface area contributed by atoms with Crippen LogP contribution in [0.25, 0.3) is 0 Å². The van der Waals surface area contributed by atoms with Gasteiger partial charge in [-0.3, -0.25) is 4.79 Å². The van der Waals surface area contributed by atoms with Crippen LogP contribution in [0.15, 0.2) is 6.20 Å². The molecule has 6 heteroatoms. The topological polar surface area (TPSA) is 56.7 Å². The van der Waals surface area contributed by atoms with Crippen molar-refractivity contribution in [3.8, 4) is 0 Å². The second kappa shape index (κ2) is 7.73. The van der Waals surface area contributed by atoms with E-state index in [1.165, 1.54) is 11.3 Å². The van der Waals surface area contributed by atoms with Crippen LogP contribution in [0.3, 0.4) is 0 Å². The Balaban J connectivity index is 1.90. The van der Waals surface area contributed by atoms with Crippen LogP contribution in [0, 0.1) is 0 Å². The molecule has 0 aliphatic carbocycles. The molecule has 1 aromatic rings. The highest BCUT2D eigenvalue weighted by Crippen LogP contribution is 2.28. The molecule has 0 atom stereocenters. The van der Waals surface area contributed by atoms with Crippen molar-refractivity contribution >= 4 is 17.2 Å². The quantitative estimate of drug-likeness (QED) is 0.895. The van der Waals surface area contributed by atoms with E-state index in [0.717, 1.165) is 48.8 Å². The first kappa shape index (κ1) is 18.4. The Morgan fingerprint density at radius 3 is 2.61 bits per heavy atom. The van der Waals surface area contributed by atoms with E-state index in [2.05, 4.69) is 37.7 Å². The van der Waals surface area contributed by atoms with Gasteiger partial charge >= 0.3 is 0 Å². The number of nitrogens with zero attached hydrogens (tertiary/aromatic N) is 3. The fourth-order valence-electron chi connectivity index (χ4n) is 2.89. The van der Waals surface area contributed by atoms with Crippen LogP contribution in [0.1, 0.15) is 54.7 Å². The maximum atomic E-state index is 12.6. The van der Waals surface area contributed by atoms with E-state index in [-0.39, 0.29) is 17.9 Å². The predicted octanol–water partition coefficient (Wildman–Crippen LogP) is 2.36. The summed E-state index contributed by atoms with van der Waals surface area (Å²) in [6.07, 6.45) is 4.54. The highest BCUT2D eigenvalue weighted by molar-refractivity contribution is 7.13. The van der Waals surface area contributed by atoms with Crippen LogP contribution in [-0.2, 0) is 5.41 Å². The van der Waals surface area contributed by atoms with Crippen molar-refractivity contribution < 1.29 is 9.90 Å². The largest absolute Gasteiger partial charge is 0.396 e. The van der Waals surface area contributed by atoms with Crippen molar-refractivity contribution in [2.24, 2.45) is 0 Å². The summed E-state index contributed by atoms with van der Waals surface area (Å²) in [6.45, 7) is 9.11. The fraction of sp³-hybridized carbons (Fsp3) is 0.765. The summed E-state index contributed by atoms with van der Waals surface area (Å²) in [7, 11) is 2.11. The lowest BCUT2D eigenvalue weighted by Crippen LogP contribution is -2.45. The van der Waals surface area contributed by atoms with Crippen LogP contribution in [-0.4, -0.2) is 65.1 Å². The average molecular weight is 340 g/mol. The molecule has 2 heterocycles. The molecule has 0 spiro atoms. The van der Waals surface area contributed by atoms with Crippen molar-refractivity contribution in [2.75, 3.05) is 33.3 Å². The number of hydrogen-bond acceptors (Lipinski definition) is 5. The minimum absolute atomic E-state index is 0.00832. The first-order chi connectivity index (χ1) is 10.8. The van der Waals surface area contributed by atoms with Crippen LogP contribution in [0.5, 0.6) is 0 Å². The number of aliphatic hydroxyl groups is 1. The number of rotatable bonds is 5. The molecule has 1 aromatic heterocycles. The number of likely N-dealkylation sites (tertiary alicyclic amines) is 1. The monoisotopic (exact) mass is 339 g/mol. The molecular formula is C17H29N3O2S. The van der Waals surface area contributed by atoms with E-state index in [1.807, 2.05) is 4.90 Å². The smallest absolute Gasteiger partial charge is 0.265 e. The molecule has 2 rings (SSSR count). The minimum atomic E-state index is -0.00832. The van der Waals surface area contributed by atoms with Gasteiger partial charge in [0.05, 0.1) is 11.2 Å². The summed E-state index contributed by atoms with van der Waals surface area (Å²) >= 11 is 1.52. The van der Waals surface area contributed by atoms with Crippen LogP contribution >= 0.6 is 11.3 Å². The molecule has 0 bridgehead atoms. The van der Waals surface area contributed by atoms with E-state index >= 15 is 0 Å². The van der Waals surface area contributed by atoms with Gasteiger partial charge in [0.25, 0.3) is 5.91 Å². The molecule has 0 aromatic carbocycles. The van der Waals surface area contributed by atoms with E-state index < -0.39 is 0 Å². The van der Waals surface area contributed by atoms with E-state index in [4.69, 9.17) is 5.11 Å². The molecule has 5 nitrogen and oxygen atoms in total. The molecule has 23 heavy (non-hydrogen) atoms. The van der Waals surface area contributed by atoms with Gasteiger partial charge in [0.1, 0.15) is 4.88 Å². The number of thiazole rings is 1. The molecule has 130 valence electrons. The molecule has 1 fully saturated rings. The maximum absolute atomic E-state index is 12.6. The predicted molar refractivity (Wildman–Crippen MR) is 94.1 cm³/mol. The first-order valence-electron chi connectivity index (χ1n) is 8.39. The third kappa shape index (κ3) is 4.75. The molecule has 1 aliphatic rings. The van der Waals surface area contributed by atoms with Crippen molar-refractivity contribution in [2.45, 2.75) is 51.5 Å². The zero-order valence-electron chi connectivity index (χ0n) is 14.7. The number of carbonyl (C=O) groups is 1. The Hall–Kier alpha value is -0.980. The number of piperidine rings is 1. The normalized spacial score (nSPS) is 17.0. The number of hydrogen-bond donors (Lipinski definition) is 1. The Labute approximate surface area is 143 Å². The summed E-state index contributed by atoms with van der Waals surface area (Å²) < 4.78 is 0. The summed E-state index contributed by atoms with van der Waals surface area (Å²) in [5, 5.41) is 9.94. The molecule has 1 saturated heterocycles. The Morgan fingerprint density at radius 2 is 2.09 bits per heavy atom. The zero-order valence-corrected chi connectivity index (χ0v) is 15.5. The lowest BCUT2D eigenvalue weighted by atomic mass is 9.98. The number of aromatic nitrogens is 1. The third-order valence-corrected chi connectivity index (χ3v) is 5.81. The molecule has 1 N–H and O–H groups in total. The van der Waals surface area contributed by atoms with Crippen LogP contribution in [0.4, 0.5) is 0 Å². The van der Waals surface area contributed by atoms with E-state index in [0.29, 0.717) is 6.04 Å². The Kier molecular flexibility index (Phi) is 6.17. The summed E-state index contributed by atoms with van der Waals surface area (Å²) in [5.74, 6) is 0.120. The Morgan fingerprint density at radius 1 is 1.43 bits per heavy atom. The molecule has 1 amide bonds. The minimum Gasteiger partial charge on any atom is -0.396 e. The van der Waals surface area contributed by atoms with Crippen LogP contribution in [0.2, 0.25) is 0 Å². The number of carbonyl (C=O) groups excluding carboxylic acids is 1. The number of amides is 1. The van der Waals surface area contributed by atoms with Gasteiger partial charge in [-0.2, -0.15) is 0 Å². The molecular weight excluding hydrogens is 310 g/mol. The highest BCUT2D eigenvalue weighted by Gasteiger charge is 2.28. The molecule has 0 radical (unpaired) electrons. The van der Waals surface area contributed by atoms with Gasteiger partial charge in [-0.1, -0.05) is 20.8 Å². The fourth-order valence-corrected chi connectivity index (χ4v) is 3.83. The van der Waals surface area contributed by atoms with E-state index in [9.17, 15) is 4.79 Å². The first-order valence-corrected chi connectivity index (χ1v) is 9.21. The second-order valence-corrected chi connectivity index (χ2v) is 8.39. The third-order valence-electron chi connectivity index (χ3n) is 4.40. The van der Waals surface area contributed by atoms with Crippen LogP contribution < -0.4 is 0 Å². The van der Waals surface area contributed by atoms with Crippen molar-refractivity contribution in [1.82, 2.24) is 14.8 Å². The molecule has 1 aliphatic heterocycles. The lowest BCUT2D eigenvalue weighted by molar-refractivity contribution is 0.0645. The summed E-state index contributed by atoms with van der Waals surface area (Å²) in [4.78, 5) is 22.1. The van der Waals surface area contributed by atoms with Gasteiger partial charge in [0.2, 0.25) is 0 Å². The lowest BCUT2D eigenvalue weighted by Gasteiger charge is -2.36. The maximum Gasteiger partial charge on any atom is 0.265 e. The Bertz CT molecular complexity index is 516.